The molecule has 5 heteroatoms. The van der Waals surface area contributed by atoms with Gasteiger partial charge in [-0.25, -0.2) is 0 Å². The summed E-state index contributed by atoms with van der Waals surface area (Å²) in [5.74, 6) is 1.46. The molecule has 0 saturated carbocycles. The second-order valence-electron chi connectivity index (χ2n) is 4.18. The fraction of sp³-hybridized carbons (Fsp3) is 0.455. The van der Waals surface area contributed by atoms with E-state index in [9.17, 15) is 0 Å². The summed E-state index contributed by atoms with van der Waals surface area (Å²) >= 11 is 5.99. The highest BCUT2D eigenvalue weighted by molar-refractivity contribution is 6.30. The quantitative estimate of drug-likeness (QED) is 0.822. The molecular formula is C11H13ClN4. The summed E-state index contributed by atoms with van der Waals surface area (Å²) in [5.41, 5.74) is 0.866. The van der Waals surface area contributed by atoms with Gasteiger partial charge in [-0.2, -0.15) is 0 Å². The Hall–Kier alpha value is -1.13. The average Bonchev–Trinajstić information content (AvgIpc) is 2.73. The molecule has 1 fully saturated rings. The predicted molar refractivity (Wildman–Crippen MR) is 62.8 cm³/mol. The van der Waals surface area contributed by atoms with E-state index in [1.54, 1.807) is 0 Å². The molecule has 1 unspecified atom stereocenters. The number of fused-ring (bicyclic) bond motifs is 1. The topological polar surface area (TPSA) is 42.2 Å². The van der Waals surface area contributed by atoms with Crippen molar-refractivity contribution in [2.24, 2.45) is 0 Å². The smallest absolute Gasteiger partial charge is 0.160 e. The SMILES string of the molecule is Clc1ccc2nnc(C3CCCNC3)n2c1. The van der Waals surface area contributed by atoms with Crippen LogP contribution in [0.15, 0.2) is 18.3 Å². The van der Waals surface area contributed by atoms with Gasteiger partial charge in [-0.05, 0) is 31.5 Å². The standard InChI is InChI=1S/C11H13ClN4/c12-9-3-4-10-14-15-11(16(10)7-9)8-2-1-5-13-6-8/h3-4,7-8,13H,1-2,5-6H2. The maximum atomic E-state index is 5.99. The van der Waals surface area contributed by atoms with Crippen LogP contribution in [0, 0.1) is 0 Å². The van der Waals surface area contributed by atoms with Crippen LogP contribution in [0.1, 0.15) is 24.6 Å². The van der Waals surface area contributed by atoms with Crippen molar-refractivity contribution in [3.8, 4) is 0 Å². The Morgan fingerprint density at radius 3 is 3.12 bits per heavy atom. The number of rotatable bonds is 1. The minimum absolute atomic E-state index is 0.446. The largest absolute Gasteiger partial charge is 0.316 e. The summed E-state index contributed by atoms with van der Waals surface area (Å²) < 4.78 is 2.00. The number of nitrogens with zero attached hydrogens (tertiary/aromatic N) is 3. The number of pyridine rings is 1. The fourth-order valence-electron chi connectivity index (χ4n) is 2.23. The Balaban J connectivity index is 2.05. The van der Waals surface area contributed by atoms with Crippen molar-refractivity contribution in [1.29, 1.82) is 0 Å². The van der Waals surface area contributed by atoms with E-state index in [4.69, 9.17) is 11.6 Å². The lowest BCUT2D eigenvalue weighted by molar-refractivity contribution is 0.444. The van der Waals surface area contributed by atoms with Crippen LogP contribution < -0.4 is 5.32 Å². The second kappa shape index (κ2) is 4.03. The molecule has 1 N–H and O–H groups in total. The van der Waals surface area contributed by atoms with Gasteiger partial charge < -0.3 is 5.32 Å². The fourth-order valence-corrected chi connectivity index (χ4v) is 2.39. The monoisotopic (exact) mass is 236 g/mol. The van der Waals surface area contributed by atoms with Crippen molar-refractivity contribution in [3.05, 3.63) is 29.2 Å². The van der Waals surface area contributed by atoms with Crippen molar-refractivity contribution in [3.63, 3.8) is 0 Å². The third-order valence-corrected chi connectivity index (χ3v) is 3.28. The van der Waals surface area contributed by atoms with Crippen LogP contribution in [0.25, 0.3) is 5.65 Å². The molecule has 4 nitrogen and oxygen atoms in total. The van der Waals surface area contributed by atoms with Gasteiger partial charge in [0.25, 0.3) is 0 Å². The maximum absolute atomic E-state index is 5.99. The zero-order chi connectivity index (χ0) is 11.0. The maximum Gasteiger partial charge on any atom is 0.160 e. The van der Waals surface area contributed by atoms with Gasteiger partial charge in [-0.1, -0.05) is 11.6 Å². The van der Waals surface area contributed by atoms with E-state index in [1.807, 2.05) is 22.7 Å². The molecule has 3 rings (SSSR count). The minimum atomic E-state index is 0.446. The van der Waals surface area contributed by atoms with Gasteiger partial charge in [0.15, 0.2) is 5.65 Å². The van der Waals surface area contributed by atoms with Crippen molar-refractivity contribution in [1.82, 2.24) is 19.9 Å². The number of hydrogen-bond acceptors (Lipinski definition) is 3. The molecule has 1 aliphatic heterocycles. The Labute approximate surface area is 98.6 Å². The molecular weight excluding hydrogens is 224 g/mol. The third kappa shape index (κ3) is 1.68. The van der Waals surface area contributed by atoms with Crippen LogP contribution in [-0.4, -0.2) is 27.7 Å². The van der Waals surface area contributed by atoms with Crippen molar-refractivity contribution in [2.45, 2.75) is 18.8 Å². The average molecular weight is 237 g/mol. The summed E-state index contributed by atoms with van der Waals surface area (Å²) in [7, 11) is 0. The molecule has 0 aromatic carbocycles. The van der Waals surface area contributed by atoms with E-state index in [2.05, 4.69) is 15.5 Å². The van der Waals surface area contributed by atoms with Crippen LogP contribution in [0.2, 0.25) is 5.02 Å². The molecule has 1 saturated heterocycles. The lowest BCUT2D eigenvalue weighted by Gasteiger charge is -2.21. The molecule has 0 radical (unpaired) electrons. The van der Waals surface area contributed by atoms with Crippen LogP contribution in [0.4, 0.5) is 0 Å². The minimum Gasteiger partial charge on any atom is -0.316 e. The molecule has 0 bridgehead atoms. The number of halogens is 1. The first-order chi connectivity index (χ1) is 7.84. The number of piperidine rings is 1. The number of aromatic nitrogens is 3. The molecule has 0 spiro atoms. The summed E-state index contributed by atoms with van der Waals surface area (Å²) in [6, 6.07) is 3.74. The van der Waals surface area contributed by atoms with Gasteiger partial charge in [-0.3, -0.25) is 4.40 Å². The molecule has 2 aromatic rings. The highest BCUT2D eigenvalue weighted by Crippen LogP contribution is 2.23. The van der Waals surface area contributed by atoms with E-state index in [0.717, 1.165) is 29.6 Å². The highest BCUT2D eigenvalue weighted by Gasteiger charge is 2.20. The molecule has 0 amide bonds. The first-order valence-electron chi connectivity index (χ1n) is 5.55. The van der Waals surface area contributed by atoms with Crippen LogP contribution >= 0.6 is 11.6 Å². The van der Waals surface area contributed by atoms with Crippen molar-refractivity contribution >= 4 is 17.2 Å². The molecule has 84 valence electrons. The van der Waals surface area contributed by atoms with E-state index in [0.29, 0.717) is 5.92 Å². The molecule has 16 heavy (non-hydrogen) atoms. The Morgan fingerprint density at radius 1 is 1.38 bits per heavy atom. The Morgan fingerprint density at radius 2 is 2.31 bits per heavy atom. The van der Waals surface area contributed by atoms with E-state index < -0.39 is 0 Å². The lowest BCUT2D eigenvalue weighted by Crippen LogP contribution is -2.29. The summed E-state index contributed by atoms with van der Waals surface area (Å²) in [6.07, 6.45) is 4.25. The Kier molecular flexibility index (Phi) is 2.53. The summed E-state index contributed by atoms with van der Waals surface area (Å²) in [6.45, 7) is 2.08. The van der Waals surface area contributed by atoms with E-state index in [1.165, 1.54) is 12.8 Å². The van der Waals surface area contributed by atoms with Gasteiger partial charge in [0, 0.05) is 18.7 Å². The van der Waals surface area contributed by atoms with Gasteiger partial charge in [-0.15, -0.1) is 10.2 Å². The molecule has 2 aromatic heterocycles. The van der Waals surface area contributed by atoms with E-state index >= 15 is 0 Å². The first-order valence-corrected chi connectivity index (χ1v) is 5.93. The van der Waals surface area contributed by atoms with Gasteiger partial charge >= 0.3 is 0 Å². The number of nitrogens with one attached hydrogen (secondary N) is 1. The van der Waals surface area contributed by atoms with Crippen molar-refractivity contribution < 1.29 is 0 Å². The van der Waals surface area contributed by atoms with Crippen LogP contribution in [0.3, 0.4) is 0 Å². The van der Waals surface area contributed by atoms with Gasteiger partial charge in [0.2, 0.25) is 0 Å². The van der Waals surface area contributed by atoms with Crippen LogP contribution in [-0.2, 0) is 0 Å². The van der Waals surface area contributed by atoms with Crippen molar-refractivity contribution in [2.75, 3.05) is 13.1 Å². The normalized spacial score (nSPS) is 21.4. The second-order valence-corrected chi connectivity index (χ2v) is 4.61. The molecule has 3 heterocycles. The Bertz CT molecular complexity index is 502. The van der Waals surface area contributed by atoms with Gasteiger partial charge in [0.1, 0.15) is 5.82 Å². The summed E-state index contributed by atoms with van der Waals surface area (Å²) in [4.78, 5) is 0. The summed E-state index contributed by atoms with van der Waals surface area (Å²) in [5, 5.41) is 12.5. The molecule has 1 atom stereocenters. The zero-order valence-corrected chi connectivity index (χ0v) is 9.61. The van der Waals surface area contributed by atoms with E-state index in [-0.39, 0.29) is 0 Å². The first kappa shape index (κ1) is 10.1. The zero-order valence-electron chi connectivity index (χ0n) is 8.86. The predicted octanol–water partition coefficient (Wildman–Crippen LogP) is 1.85. The third-order valence-electron chi connectivity index (χ3n) is 3.05. The van der Waals surface area contributed by atoms with Crippen LogP contribution in [0.5, 0.6) is 0 Å². The lowest BCUT2D eigenvalue weighted by atomic mass is 9.99. The number of hydrogen-bond donors (Lipinski definition) is 1. The van der Waals surface area contributed by atoms with Gasteiger partial charge in [0.05, 0.1) is 5.02 Å². The molecule has 1 aliphatic rings. The molecule has 0 aliphatic carbocycles. The highest BCUT2D eigenvalue weighted by atomic mass is 35.5.